The van der Waals surface area contributed by atoms with Gasteiger partial charge >= 0.3 is 0 Å². The number of carbonyl (C=O) groups is 3. The van der Waals surface area contributed by atoms with Crippen LogP contribution in [0.1, 0.15) is 54.9 Å². The SMILES string of the molecule is CC(=O)NCC(=O)N1CCC[C@@H]1c1nc(C)c2c(n1)N(Cc1ccccc1)C(=O)CC2. The molecular weight excluding hydrogens is 394 g/mol. The summed E-state index contributed by atoms with van der Waals surface area (Å²) in [7, 11) is 0. The van der Waals surface area contributed by atoms with Crippen molar-refractivity contribution in [2.45, 2.75) is 52.1 Å². The van der Waals surface area contributed by atoms with Gasteiger partial charge in [-0.25, -0.2) is 9.97 Å². The van der Waals surface area contributed by atoms with Crippen molar-refractivity contribution in [1.82, 2.24) is 20.2 Å². The number of rotatable bonds is 5. The lowest BCUT2D eigenvalue weighted by Gasteiger charge is -2.31. The average molecular weight is 422 g/mol. The van der Waals surface area contributed by atoms with Gasteiger partial charge in [0.25, 0.3) is 0 Å². The Hall–Kier alpha value is -3.29. The Labute approximate surface area is 181 Å². The summed E-state index contributed by atoms with van der Waals surface area (Å²) in [6, 6.07) is 9.61. The predicted molar refractivity (Wildman–Crippen MR) is 115 cm³/mol. The van der Waals surface area contributed by atoms with Crippen molar-refractivity contribution in [3.63, 3.8) is 0 Å². The molecule has 4 rings (SSSR count). The second-order valence-electron chi connectivity index (χ2n) is 8.09. The van der Waals surface area contributed by atoms with Gasteiger partial charge in [0.1, 0.15) is 5.82 Å². The average Bonchev–Trinajstić information content (AvgIpc) is 3.25. The van der Waals surface area contributed by atoms with E-state index in [9.17, 15) is 14.4 Å². The van der Waals surface area contributed by atoms with E-state index >= 15 is 0 Å². The molecule has 8 nitrogen and oxygen atoms in total. The van der Waals surface area contributed by atoms with Crippen LogP contribution in [0.3, 0.4) is 0 Å². The van der Waals surface area contributed by atoms with E-state index in [0.717, 1.165) is 29.7 Å². The Morgan fingerprint density at radius 1 is 1.16 bits per heavy atom. The first-order valence-electron chi connectivity index (χ1n) is 10.7. The molecule has 0 aliphatic carbocycles. The number of fused-ring (bicyclic) bond motifs is 1. The summed E-state index contributed by atoms with van der Waals surface area (Å²) < 4.78 is 0. The van der Waals surface area contributed by atoms with E-state index in [2.05, 4.69) is 5.32 Å². The molecule has 0 bridgehead atoms. The highest BCUT2D eigenvalue weighted by Gasteiger charge is 2.35. The maximum atomic E-state index is 12.8. The van der Waals surface area contributed by atoms with Crippen LogP contribution in [0.4, 0.5) is 5.82 Å². The van der Waals surface area contributed by atoms with Crippen LogP contribution < -0.4 is 10.2 Å². The Morgan fingerprint density at radius 3 is 2.68 bits per heavy atom. The third kappa shape index (κ3) is 4.42. The first-order valence-corrected chi connectivity index (χ1v) is 10.7. The van der Waals surface area contributed by atoms with Crippen LogP contribution in [-0.2, 0) is 27.3 Å². The van der Waals surface area contributed by atoms with Crippen molar-refractivity contribution in [2.24, 2.45) is 0 Å². The zero-order chi connectivity index (χ0) is 22.0. The fraction of sp³-hybridized carbons (Fsp3) is 0.435. The summed E-state index contributed by atoms with van der Waals surface area (Å²) >= 11 is 0. The van der Waals surface area contributed by atoms with Crippen molar-refractivity contribution < 1.29 is 14.4 Å². The fourth-order valence-electron chi connectivity index (χ4n) is 4.32. The van der Waals surface area contributed by atoms with Crippen molar-refractivity contribution in [2.75, 3.05) is 18.0 Å². The molecule has 1 saturated heterocycles. The molecule has 2 aliphatic heterocycles. The number of nitrogens with one attached hydrogen (secondary N) is 1. The van der Waals surface area contributed by atoms with Crippen molar-refractivity contribution in [3.05, 3.63) is 53.0 Å². The third-order valence-electron chi connectivity index (χ3n) is 5.90. The van der Waals surface area contributed by atoms with Crippen LogP contribution in [0.2, 0.25) is 0 Å². The van der Waals surface area contributed by atoms with Crippen molar-refractivity contribution >= 4 is 23.5 Å². The van der Waals surface area contributed by atoms with Gasteiger partial charge in [-0.3, -0.25) is 19.3 Å². The molecule has 1 aromatic carbocycles. The molecule has 8 heteroatoms. The van der Waals surface area contributed by atoms with Crippen LogP contribution >= 0.6 is 0 Å². The number of amides is 3. The minimum atomic E-state index is -0.249. The smallest absolute Gasteiger partial charge is 0.242 e. The highest BCUT2D eigenvalue weighted by molar-refractivity contribution is 5.95. The molecule has 1 fully saturated rings. The Bertz CT molecular complexity index is 1010. The molecule has 2 aliphatic rings. The molecule has 3 amide bonds. The maximum absolute atomic E-state index is 12.8. The second-order valence-corrected chi connectivity index (χ2v) is 8.09. The highest BCUT2D eigenvalue weighted by atomic mass is 16.2. The summed E-state index contributed by atoms with van der Waals surface area (Å²) in [5.41, 5.74) is 2.88. The molecule has 162 valence electrons. The highest BCUT2D eigenvalue weighted by Crippen LogP contribution is 2.35. The number of nitrogens with zero attached hydrogens (tertiary/aromatic N) is 4. The van der Waals surface area contributed by atoms with E-state index in [1.165, 1.54) is 6.92 Å². The number of anilines is 1. The third-order valence-corrected chi connectivity index (χ3v) is 5.90. The summed E-state index contributed by atoms with van der Waals surface area (Å²) in [6.45, 7) is 4.37. The van der Waals surface area contributed by atoms with E-state index in [-0.39, 0.29) is 30.3 Å². The number of hydrogen-bond acceptors (Lipinski definition) is 5. The molecule has 2 aromatic rings. The summed E-state index contributed by atoms with van der Waals surface area (Å²) in [5, 5.41) is 2.57. The van der Waals surface area contributed by atoms with Crippen molar-refractivity contribution in [3.8, 4) is 0 Å². The largest absolute Gasteiger partial charge is 0.347 e. The van der Waals surface area contributed by atoms with Gasteiger partial charge in [-0.1, -0.05) is 30.3 Å². The minimum Gasteiger partial charge on any atom is -0.347 e. The van der Waals surface area contributed by atoms with Gasteiger partial charge in [0.2, 0.25) is 17.7 Å². The van der Waals surface area contributed by atoms with Gasteiger partial charge in [-0.05, 0) is 31.7 Å². The molecule has 3 heterocycles. The Kier molecular flexibility index (Phi) is 5.97. The van der Waals surface area contributed by atoms with Gasteiger partial charge in [-0.15, -0.1) is 0 Å². The quantitative estimate of drug-likeness (QED) is 0.797. The Morgan fingerprint density at radius 2 is 1.94 bits per heavy atom. The van der Waals surface area contributed by atoms with Gasteiger partial charge < -0.3 is 10.2 Å². The lowest BCUT2D eigenvalue weighted by molar-refractivity contribution is -0.133. The van der Waals surface area contributed by atoms with Crippen LogP contribution in [-0.4, -0.2) is 45.7 Å². The number of likely N-dealkylation sites (tertiary alicyclic amines) is 1. The van der Waals surface area contributed by atoms with Crippen LogP contribution in [0, 0.1) is 6.92 Å². The zero-order valence-corrected chi connectivity index (χ0v) is 17.9. The van der Waals surface area contributed by atoms with E-state index in [1.807, 2.05) is 37.3 Å². The molecule has 31 heavy (non-hydrogen) atoms. The summed E-state index contributed by atoms with van der Waals surface area (Å²) in [6.07, 6.45) is 2.68. The normalized spacial score (nSPS) is 18.1. The number of benzene rings is 1. The van der Waals surface area contributed by atoms with E-state index in [0.29, 0.717) is 37.6 Å². The number of aryl methyl sites for hydroxylation is 1. The van der Waals surface area contributed by atoms with E-state index in [1.54, 1.807) is 9.80 Å². The second kappa shape index (κ2) is 8.83. The van der Waals surface area contributed by atoms with Crippen LogP contribution in [0.15, 0.2) is 30.3 Å². The summed E-state index contributed by atoms with van der Waals surface area (Å²) in [5.74, 6) is 0.890. The molecule has 0 saturated carbocycles. The molecule has 1 aromatic heterocycles. The molecular formula is C23H27N5O3. The fourth-order valence-corrected chi connectivity index (χ4v) is 4.32. The monoisotopic (exact) mass is 421 g/mol. The first-order chi connectivity index (χ1) is 14.9. The van der Waals surface area contributed by atoms with Crippen molar-refractivity contribution in [1.29, 1.82) is 0 Å². The van der Waals surface area contributed by atoms with Gasteiger partial charge in [-0.2, -0.15) is 0 Å². The first kappa shape index (κ1) is 21.0. The summed E-state index contributed by atoms with van der Waals surface area (Å²) in [4.78, 5) is 49.7. The van der Waals surface area contributed by atoms with Crippen LogP contribution in [0.5, 0.6) is 0 Å². The van der Waals surface area contributed by atoms with E-state index < -0.39 is 0 Å². The molecule has 1 atom stereocenters. The maximum Gasteiger partial charge on any atom is 0.242 e. The molecule has 0 spiro atoms. The number of hydrogen-bond donors (Lipinski definition) is 1. The standard InChI is InChI=1S/C23H27N5O3/c1-15-18-10-11-20(30)28(14-17-7-4-3-5-8-17)23(18)26-22(25-15)19-9-6-12-27(19)21(31)13-24-16(2)29/h3-5,7-8,19H,6,9-14H2,1-2H3,(H,24,29)/t19-/m1/s1. The Balaban J connectivity index is 1.65. The molecule has 0 radical (unpaired) electrons. The predicted octanol–water partition coefficient (Wildman–Crippen LogP) is 2.06. The van der Waals surface area contributed by atoms with E-state index in [4.69, 9.17) is 9.97 Å². The van der Waals surface area contributed by atoms with Gasteiger partial charge in [0.15, 0.2) is 5.82 Å². The minimum absolute atomic E-state index is 0.0334. The zero-order valence-electron chi connectivity index (χ0n) is 17.9. The van der Waals surface area contributed by atoms with Gasteiger partial charge in [0.05, 0.1) is 19.1 Å². The van der Waals surface area contributed by atoms with Gasteiger partial charge in [0, 0.05) is 31.1 Å². The topological polar surface area (TPSA) is 95.5 Å². The number of carbonyl (C=O) groups excluding carboxylic acids is 3. The lowest BCUT2D eigenvalue weighted by atomic mass is 10.0. The molecule has 1 N–H and O–H groups in total. The van der Waals surface area contributed by atoms with Crippen LogP contribution in [0.25, 0.3) is 0 Å². The lowest BCUT2D eigenvalue weighted by Crippen LogP contribution is -2.40. The number of aromatic nitrogens is 2. The molecule has 0 unspecified atom stereocenters.